The topological polar surface area (TPSA) is 66.5 Å². The molecule has 0 saturated carbocycles. The van der Waals surface area contributed by atoms with Crippen LogP contribution in [-0.4, -0.2) is 27.1 Å². The summed E-state index contributed by atoms with van der Waals surface area (Å²) >= 11 is 0. The molecular formula is C16H17FN2O3S. The second-order valence-electron chi connectivity index (χ2n) is 4.85. The molecule has 2 aromatic carbocycles. The molecule has 2 rings (SSSR count). The van der Waals surface area contributed by atoms with Crippen molar-refractivity contribution in [1.82, 2.24) is 0 Å². The van der Waals surface area contributed by atoms with Crippen molar-refractivity contribution in [3.8, 4) is 0 Å². The SMILES string of the molecule is CCS(=O)(=O)N(C)c1ccc(C(=O)Nc2ccccc2F)cc1. The quantitative estimate of drug-likeness (QED) is 0.913. The highest BCUT2D eigenvalue weighted by Crippen LogP contribution is 2.19. The van der Waals surface area contributed by atoms with Gasteiger partial charge in [0.05, 0.1) is 17.1 Å². The Balaban J connectivity index is 2.16. The maximum Gasteiger partial charge on any atom is 0.255 e. The van der Waals surface area contributed by atoms with E-state index in [1.54, 1.807) is 13.0 Å². The van der Waals surface area contributed by atoms with Gasteiger partial charge in [-0.25, -0.2) is 12.8 Å². The highest BCUT2D eigenvalue weighted by Gasteiger charge is 2.16. The summed E-state index contributed by atoms with van der Waals surface area (Å²) in [4.78, 5) is 12.1. The van der Waals surface area contributed by atoms with Crippen molar-refractivity contribution in [3.63, 3.8) is 0 Å². The lowest BCUT2D eigenvalue weighted by Crippen LogP contribution is -2.28. The fourth-order valence-electron chi connectivity index (χ4n) is 1.93. The number of hydrogen-bond acceptors (Lipinski definition) is 3. The molecule has 1 amide bonds. The molecule has 0 saturated heterocycles. The molecule has 0 aliphatic carbocycles. The van der Waals surface area contributed by atoms with Gasteiger partial charge in [-0.1, -0.05) is 12.1 Å². The van der Waals surface area contributed by atoms with Crippen molar-refractivity contribution in [2.24, 2.45) is 0 Å². The Hall–Kier alpha value is -2.41. The van der Waals surface area contributed by atoms with E-state index < -0.39 is 21.7 Å². The van der Waals surface area contributed by atoms with Crippen LogP contribution in [0.3, 0.4) is 0 Å². The van der Waals surface area contributed by atoms with Crippen LogP contribution in [-0.2, 0) is 10.0 Å². The minimum absolute atomic E-state index is 0.0149. The van der Waals surface area contributed by atoms with Crippen molar-refractivity contribution >= 4 is 27.3 Å². The van der Waals surface area contributed by atoms with Crippen LogP contribution in [0, 0.1) is 5.82 Å². The number of amides is 1. The monoisotopic (exact) mass is 336 g/mol. The Kier molecular flexibility index (Phi) is 5.00. The first-order valence-electron chi connectivity index (χ1n) is 6.97. The number of nitrogens with zero attached hydrogens (tertiary/aromatic N) is 1. The highest BCUT2D eigenvalue weighted by atomic mass is 32.2. The predicted molar refractivity (Wildman–Crippen MR) is 88.7 cm³/mol. The second-order valence-corrected chi connectivity index (χ2v) is 7.14. The van der Waals surface area contributed by atoms with Gasteiger partial charge in [0.2, 0.25) is 10.0 Å². The molecule has 0 unspecified atom stereocenters. The van der Waals surface area contributed by atoms with E-state index in [0.717, 1.165) is 4.31 Å². The number of benzene rings is 2. The van der Waals surface area contributed by atoms with Gasteiger partial charge in [0.15, 0.2) is 0 Å². The highest BCUT2D eigenvalue weighted by molar-refractivity contribution is 7.92. The number of para-hydroxylation sites is 1. The first-order valence-corrected chi connectivity index (χ1v) is 8.58. The third-order valence-corrected chi connectivity index (χ3v) is 5.17. The Bertz CT molecular complexity index is 804. The zero-order valence-electron chi connectivity index (χ0n) is 12.8. The minimum atomic E-state index is -3.36. The summed E-state index contributed by atoms with van der Waals surface area (Å²) in [5.74, 6) is -1.01. The van der Waals surface area contributed by atoms with Gasteiger partial charge in [0.1, 0.15) is 5.82 Å². The molecule has 0 aliphatic rings. The van der Waals surface area contributed by atoms with Crippen molar-refractivity contribution < 1.29 is 17.6 Å². The van der Waals surface area contributed by atoms with E-state index in [0.29, 0.717) is 11.3 Å². The third-order valence-electron chi connectivity index (χ3n) is 3.40. The number of nitrogens with one attached hydrogen (secondary N) is 1. The molecule has 0 spiro atoms. The van der Waals surface area contributed by atoms with E-state index >= 15 is 0 Å². The average molecular weight is 336 g/mol. The predicted octanol–water partition coefficient (Wildman–Crippen LogP) is 2.86. The summed E-state index contributed by atoms with van der Waals surface area (Å²) < 4.78 is 38.3. The van der Waals surface area contributed by atoms with Crippen LogP contribution in [0.25, 0.3) is 0 Å². The first-order chi connectivity index (χ1) is 10.8. The van der Waals surface area contributed by atoms with Crippen LogP contribution in [0.1, 0.15) is 17.3 Å². The summed E-state index contributed by atoms with van der Waals surface area (Å²) in [5, 5.41) is 2.47. The van der Waals surface area contributed by atoms with Gasteiger partial charge in [-0.3, -0.25) is 9.10 Å². The van der Waals surface area contributed by atoms with Gasteiger partial charge < -0.3 is 5.32 Å². The molecule has 2 aromatic rings. The molecule has 0 radical (unpaired) electrons. The van der Waals surface area contributed by atoms with Crippen LogP contribution in [0.15, 0.2) is 48.5 Å². The molecule has 122 valence electrons. The molecule has 0 bridgehead atoms. The lowest BCUT2D eigenvalue weighted by molar-refractivity contribution is 0.102. The number of hydrogen-bond donors (Lipinski definition) is 1. The molecule has 0 atom stereocenters. The summed E-state index contributed by atoms with van der Waals surface area (Å²) in [6, 6.07) is 11.9. The van der Waals surface area contributed by atoms with E-state index in [1.165, 1.54) is 49.5 Å². The molecule has 5 nitrogen and oxygen atoms in total. The van der Waals surface area contributed by atoms with E-state index in [9.17, 15) is 17.6 Å². The standard InChI is InChI=1S/C16H17FN2O3S/c1-3-23(21,22)19(2)13-10-8-12(9-11-13)16(20)18-15-7-5-4-6-14(15)17/h4-11H,3H2,1-2H3,(H,18,20). The lowest BCUT2D eigenvalue weighted by Gasteiger charge is -2.18. The third kappa shape index (κ3) is 3.87. The largest absolute Gasteiger partial charge is 0.319 e. The van der Waals surface area contributed by atoms with Gasteiger partial charge in [0, 0.05) is 12.6 Å². The van der Waals surface area contributed by atoms with Crippen molar-refractivity contribution in [1.29, 1.82) is 0 Å². The van der Waals surface area contributed by atoms with Gasteiger partial charge >= 0.3 is 0 Å². The Labute approximate surface area is 134 Å². The Morgan fingerprint density at radius 1 is 1.13 bits per heavy atom. The van der Waals surface area contributed by atoms with Gasteiger partial charge in [-0.2, -0.15) is 0 Å². The van der Waals surface area contributed by atoms with Crippen LogP contribution in [0.2, 0.25) is 0 Å². The summed E-state index contributed by atoms with van der Waals surface area (Å²) in [6.45, 7) is 1.56. The van der Waals surface area contributed by atoms with Crippen LogP contribution in [0.5, 0.6) is 0 Å². The zero-order valence-corrected chi connectivity index (χ0v) is 13.6. The fourth-order valence-corrected chi connectivity index (χ4v) is 2.76. The normalized spacial score (nSPS) is 11.1. The maximum absolute atomic E-state index is 13.5. The molecule has 23 heavy (non-hydrogen) atoms. The van der Waals surface area contributed by atoms with Crippen LogP contribution < -0.4 is 9.62 Å². The molecule has 7 heteroatoms. The Morgan fingerprint density at radius 3 is 2.30 bits per heavy atom. The number of carbonyl (C=O) groups excluding carboxylic acids is 1. The van der Waals surface area contributed by atoms with E-state index in [4.69, 9.17) is 0 Å². The second kappa shape index (κ2) is 6.78. The molecule has 0 fully saturated rings. The van der Waals surface area contributed by atoms with E-state index in [2.05, 4.69) is 5.32 Å². The fraction of sp³-hybridized carbons (Fsp3) is 0.188. The summed E-state index contributed by atoms with van der Waals surface area (Å²) in [5.41, 5.74) is 0.848. The van der Waals surface area contributed by atoms with Gasteiger partial charge in [0.25, 0.3) is 5.91 Å². The number of rotatable bonds is 5. The maximum atomic E-state index is 13.5. The zero-order chi connectivity index (χ0) is 17.0. The van der Waals surface area contributed by atoms with E-state index in [1.807, 2.05) is 0 Å². The molecular weight excluding hydrogens is 319 g/mol. The van der Waals surface area contributed by atoms with Gasteiger partial charge in [-0.15, -0.1) is 0 Å². The number of anilines is 2. The van der Waals surface area contributed by atoms with Crippen LogP contribution >= 0.6 is 0 Å². The van der Waals surface area contributed by atoms with Crippen molar-refractivity contribution in [2.45, 2.75) is 6.92 Å². The van der Waals surface area contributed by atoms with Gasteiger partial charge in [-0.05, 0) is 43.3 Å². The number of halogens is 1. The first kappa shape index (κ1) is 17.0. The summed E-state index contributed by atoms with van der Waals surface area (Å²) in [6.07, 6.45) is 0. The molecule has 0 heterocycles. The molecule has 1 N–H and O–H groups in total. The van der Waals surface area contributed by atoms with Crippen LogP contribution in [0.4, 0.5) is 15.8 Å². The number of sulfonamides is 1. The lowest BCUT2D eigenvalue weighted by atomic mass is 10.2. The van der Waals surface area contributed by atoms with Crippen molar-refractivity contribution in [3.05, 3.63) is 59.9 Å². The Morgan fingerprint density at radius 2 is 1.74 bits per heavy atom. The average Bonchev–Trinajstić information content (AvgIpc) is 2.56. The number of carbonyl (C=O) groups is 1. The van der Waals surface area contributed by atoms with E-state index in [-0.39, 0.29) is 11.4 Å². The van der Waals surface area contributed by atoms with Crippen molar-refractivity contribution in [2.75, 3.05) is 22.4 Å². The molecule has 0 aliphatic heterocycles. The minimum Gasteiger partial charge on any atom is -0.319 e. The smallest absolute Gasteiger partial charge is 0.255 e. The molecule has 0 aromatic heterocycles. The summed E-state index contributed by atoms with van der Waals surface area (Å²) in [7, 11) is -1.90.